The SMILES string of the molecule is O=S(=O)(c1cccnc1)N1CCCC1CCc1nncn1Cc1ccccc1. The highest BCUT2D eigenvalue weighted by Gasteiger charge is 2.35. The number of aromatic nitrogens is 4. The summed E-state index contributed by atoms with van der Waals surface area (Å²) in [5.41, 5.74) is 1.19. The molecule has 0 radical (unpaired) electrons. The van der Waals surface area contributed by atoms with Gasteiger partial charge in [0.15, 0.2) is 0 Å². The highest BCUT2D eigenvalue weighted by molar-refractivity contribution is 7.89. The molecule has 0 N–H and O–H groups in total. The number of hydrogen-bond donors (Lipinski definition) is 0. The van der Waals surface area contributed by atoms with Crippen molar-refractivity contribution >= 4 is 10.0 Å². The average Bonchev–Trinajstić information content (AvgIpc) is 3.37. The van der Waals surface area contributed by atoms with E-state index in [4.69, 9.17) is 0 Å². The largest absolute Gasteiger partial charge is 0.313 e. The van der Waals surface area contributed by atoms with Gasteiger partial charge in [-0.2, -0.15) is 4.31 Å². The Morgan fingerprint density at radius 3 is 2.75 bits per heavy atom. The summed E-state index contributed by atoms with van der Waals surface area (Å²) >= 11 is 0. The first kappa shape index (κ1) is 18.8. The zero-order chi connectivity index (χ0) is 19.4. The first-order chi connectivity index (χ1) is 13.6. The lowest BCUT2D eigenvalue weighted by molar-refractivity contribution is 0.367. The normalized spacial score (nSPS) is 17.8. The Morgan fingerprint density at radius 1 is 1.11 bits per heavy atom. The van der Waals surface area contributed by atoms with E-state index >= 15 is 0 Å². The predicted octanol–water partition coefficient (Wildman–Crippen LogP) is 2.51. The molecule has 1 unspecified atom stereocenters. The van der Waals surface area contributed by atoms with Gasteiger partial charge in [0.2, 0.25) is 10.0 Å². The molecule has 28 heavy (non-hydrogen) atoms. The maximum absolute atomic E-state index is 13.0. The van der Waals surface area contributed by atoms with Crippen molar-refractivity contribution in [3.05, 3.63) is 72.6 Å². The van der Waals surface area contributed by atoms with Gasteiger partial charge in [-0.15, -0.1) is 10.2 Å². The van der Waals surface area contributed by atoms with Gasteiger partial charge in [0.05, 0.1) is 6.54 Å². The third kappa shape index (κ3) is 3.98. The summed E-state index contributed by atoms with van der Waals surface area (Å²) in [6.45, 7) is 1.27. The van der Waals surface area contributed by atoms with E-state index in [0.717, 1.165) is 25.1 Å². The summed E-state index contributed by atoms with van der Waals surface area (Å²) in [5.74, 6) is 0.884. The van der Waals surface area contributed by atoms with Gasteiger partial charge in [0, 0.05) is 31.4 Å². The molecule has 0 amide bonds. The maximum atomic E-state index is 13.0. The van der Waals surface area contributed by atoms with Gasteiger partial charge in [-0.25, -0.2) is 8.42 Å². The van der Waals surface area contributed by atoms with Crippen molar-refractivity contribution in [3.8, 4) is 0 Å². The van der Waals surface area contributed by atoms with Crippen LogP contribution in [0.1, 0.15) is 30.7 Å². The van der Waals surface area contributed by atoms with Crippen LogP contribution < -0.4 is 0 Å². The first-order valence-electron chi connectivity index (χ1n) is 9.47. The number of benzene rings is 1. The molecule has 1 aliphatic heterocycles. The highest BCUT2D eigenvalue weighted by Crippen LogP contribution is 2.28. The van der Waals surface area contributed by atoms with Crippen LogP contribution in [0.4, 0.5) is 0 Å². The first-order valence-corrected chi connectivity index (χ1v) is 10.9. The lowest BCUT2D eigenvalue weighted by atomic mass is 10.1. The summed E-state index contributed by atoms with van der Waals surface area (Å²) in [7, 11) is -3.51. The molecule has 8 heteroatoms. The number of sulfonamides is 1. The zero-order valence-corrected chi connectivity index (χ0v) is 16.4. The molecule has 1 aliphatic rings. The Balaban J connectivity index is 1.45. The smallest absolute Gasteiger partial charge is 0.244 e. The van der Waals surface area contributed by atoms with Crippen LogP contribution in [0.2, 0.25) is 0 Å². The van der Waals surface area contributed by atoms with E-state index in [2.05, 4.69) is 27.3 Å². The molecular weight excluding hydrogens is 374 g/mol. The minimum absolute atomic E-state index is 0.0212. The van der Waals surface area contributed by atoms with Crippen LogP contribution in [0, 0.1) is 0 Å². The quantitative estimate of drug-likeness (QED) is 0.612. The summed E-state index contributed by atoms with van der Waals surface area (Å²) in [5, 5.41) is 8.31. The fourth-order valence-corrected chi connectivity index (χ4v) is 5.42. The van der Waals surface area contributed by atoms with Crippen LogP contribution in [0.25, 0.3) is 0 Å². The van der Waals surface area contributed by atoms with Crippen LogP contribution >= 0.6 is 0 Å². The molecule has 1 aromatic carbocycles. The molecule has 4 rings (SSSR count). The molecule has 3 aromatic rings. The van der Waals surface area contributed by atoms with Gasteiger partial charge in [-0.05, 0) is 37.0 Å². The van der Waals surface area contributed by atoms with E-state index in [9.17, 15) is 8.42 Å². The van der Waals surface area contributed by atoms with Crippen molar-refractivity contribution < 1.29 is 8.42 Å². The number of aryl methyl sites for hydroxylation is 1. The van der Waals surface area contributed by atoms with Crippen LogP contribution in [-0.2, 0) is 23.0 Å². The van der Waals surface area contributed by atoms with E-state index in [1.807, 2.05) is 22.8 Å². The van der Waals surface area contributed by atoms with Gasteiger partial charge in [-0.3, -0.25) is 4.98 Å². The van der Waals surface area contributed by atoms with Crippen molar-refractivity contribution in [2.24, 2.45) is 0 Å². The van der Waals surface area contributed by atoms with E-state index in [0.29, 0.717) is 19.5 Å². The second kappa shape index (κ2) is 8.20. The summed E-state index contributed by atoms with van der Waals surface area (Å²) < 4.78 is 29.6. The minimum Gasteiger partial charge on any atom is -0.313 e. The van der Waals surface area contributed by atoms with E-state index in [-0.39, 0.29) is 10.9 Å². The fourth-order valence-electron chi connectivity index (χ4n) is 3.73. The molecule has 0 aliphatic carbocycles. The summed E-state index contributed by atoms with van der Waals surface area (Å²) in [4.78, 5) is 4.22. The fraction of sp³-hybridized carbons (Fsp3) is 0.350. The van der Waals surface area contributed by atoms with Crippen molar-refractivity contribution in [1.82, 2.24) is 24.1 Å². The van der Waals surface area contributed by atoms with Crippen LogP contribution in [-0.4, -0.2) is 45.1 Å². The lowest BCUT2D eigenvalue weighted by Gasteiger charge is -2.24. The molecule has 146 valence electrons. The second-order valence-corrected chi connectivity index (χ2v) is 8.89. The Kier molecular flexibility index (Phi) is 5.50. The average molecular weight is 398 g/mol. The van der Waals surface area contributed by atoms with Gasteiger partial charge in [0.25, 0.3) is 0 Å². The third-order valence-corrected chi connectivity index (χ3v) is 7.09. The maximum Gasteiger partial charge on any atom is 0.244 e. The minimum atomic E-state index is -3.51. The van der Waals surface area contributed by atoms with Gasteiger partial charge >= 0.3 is 0 Å². The lowest BCUT2D eigenvalue weighted by Crippen LogP contribution is -2.36. The van der Waals surface area contributed by atoms with Gasteiger partial charge in [0.1, 0.15) is 17.0 Å². The van der Waals surface area contributed by atoms with Gasteiger partial charge < -0.3 is 4.57 Å². The van der Waals surface area contributed by atoms with Crippen molar-refractivity contribution in [2.45, 2.75) is 43.2 Å². The van der Waals surface area contributed by atoms with Crippen molar-refractivity contribution in [3.63, 3.8) is 0 Å². The molecule has 2 aromatic heterocycles. The van der Waals surface area contributed by atoms with Crippen LogP contribution in [0.15, 0.2) is 66.1 Å². The van der Waals surface area contributed by atoms with E-state index in [1.54, 1.807) is 29.0 Å². The van der Waals surface area contributed by atoms with Crippen LogP contribution in [0.3, 0.4) is 0 Å². The third-order valence-electron chi connectivity index (χ3n) is 5.16. The molecule has 7 nitrogen and oxygen atoms in total. The molecule has 0 spiro atoms. The standard InChI is InChI=1S/C20H23N5O2S/c26-28(27,19-9-4-12-21-14-19)25-13-5-8-18(25)10-11-20-23-22-16-24(20)15-17-6-2-1-3-7-17/h1-4,6-7,9,12,14,16,18H,5,8,10-11,13,15H2. The monoisotopic (exact) mass is 397 g/mol. The number of hydrogen-bond acceptors (Lipinski definition) is 5. The molecule has 3 heterocycles. The topological polar surface area (TPSA) is 81.0 Å². The highest BCUT2D eigenvalue weighted by atomic mass is 32.2. The Bertz CT molecular complexity index is 1010. The van der Waals surface area contributed by atoms with Gasteiger partial charge in [-0.1, -0.05) is 30.3 Å². The second-order valence-electron chi connectivity index (χ2n) is 7.00. The Labute approximate surface area is 165 Å². The molecule has 1 saturated heterocycles. The molecule has 1 atom stereocenters. The molecular formula is C20H23N5O2S. The van der Waals surface area contributed by atoms with Crippen LogP contribution in [0.5, 0.6) is 0 Å². The molecule has 1 fully saturated rings. The zero-order valence-electron chi connectivity index (χ0n) is 15.6. The molecule has 0 bridgehead atoms. The number of nitrogens with zero attached hydrogens (tertiary/aromatic N) is 5. The van der Waals surface area contributed by atoms with E-state index in [1.165, 1.54) is 11.8 Å². The van der Waals surface area contributed by atoms with Crippen molar-refractivity contribution in [2.75, 3.05) is 6.54 Å². The number of rotatable bonds is 7. The predicted molar refractivity (Wildman–Crippen MR) is 105 cm³/mol. The summed E-state index contributed by atoms with van der Waals surface area (Å²) in [6.07, 6.45) is 7.90. The number of pyridine rings is 1. The molecule has 0 saturated carbocycles. The van der Waals surface area contributed by atoms with Crippen molar-refractivity contribution in [1.29, 1.82) is 0 Å². The summed E-state index contributed by atoms with van der Waals surface area (Å²) in [6, 6.07) is 13.4. The Morgan fingerprint density at radius 2 is 1.96 bits per heavy atom. The Hall–Kier alpha value is -2.58. The van der Waals surface area contributed by atoms with E-state index < -0.39 is 10.0 Å².